The van der Waals surface area contributed by atoms with Crippen LogP contribution in [-0.4, -0.2) is 32.8 Å². The minimum Gasteiger partial charge on any atom is -0.324 e. The van der Waals surface area contributed by atoms with Gasteiger partial charge in [-0.15, -0.1) is 0 Å². The van der Waals surface area contributed by atoms with Gasteiger partial charge in [-0.2, -0.15) is 0 Å². The minimum atomic E-state index is 0.318. The van der Waals surface area contributed by atoms with Crippen molar-refractivity contribution in [1.82, 2.24) is 4.48 Å². The summed E-state index contributed by atoms with van der Waals surface area (Å²) in [5, 5.41) is 0.794. The predicted molar refractivity (Wildman–Crippen MR) is 75.6 cm³/mol. The standard InChI is InChI=1S/C13H21ClN3/c1-4-16-11-8-10(14)6-7-12(11)17(3,5-2)13(16)9-15/h6-8,13H,4-5,9,15H2,1-3H3/q+1. The van der Waals surface area contributed by atoms with Crippen LogP contribution in [0.3, 0.4) is 0 Å². The van der Waals surface area contributed by atoms with Crippen LogP contribution in [0, 0.1) is 0 Å². The number of hydrogen-bond acceptors (Lipinski definition) is 2. The molecule has 0 radical (unpaired) electrons. The predicted octanol–water partition coefficient (Wildman–Crippen LogP) is 2.42. The number of fused-ring (bicyclic) bond motifs is 1. The van der Waals surface area contributed by atoms with E-state index >= 15 is 0 Å². The lowest BCUT2D eigenvalue weighted by molar-refractivity contribution is 0.274. The van der Waals surface area contributed by atoms with Crippen LogP contribution < -0.4 is 15.1 Å². The largest absolute Gasteiger partial charge is 0.324 e. The van der Waals surface area contributed by atoms with Crippen LogP contribution in [0.25, 0.3) is 0 Å². The Morgan fingerprint density at radius 3 is 2.65 bits per heavy atom. The fraction of sp³-hybridized carbons (Fsp3) is 0.538. The van der Waals surface area contributed by atoms with Crippen molar-refractivity contribution in [2.45, 2.75) is 20.0 Å². The second-order valence-corrected chi connectivity index (χ2v) is 5.16. The van der Waals surface area contributed by atoms with Gasteiger partial charge in [-0.25, -0.2) is 0 Å². The first kappa shape index (κ1) is 12.7. The zero-order chi connectivity index (χ0) is 12.6. The first-order chi connectivity index (χ1) is 8.08. The topological polar surface area (TPSA) is 29.3 Å². The molecule has 94 valence electrons. The Labute approximate surface area is 108 Å². The molecule has 0 saturated heterocycles. The highest BCUT2D eigenvalue weighted by atomic mass is 35.5. The average molecular weight is 255 g/mol. The van der Waals surface area contributed by atoms with Crippen LogP contribution in [0.4, 0.5) is 11.4 Å². The second-order valence-electron chi connectivity index (χ2n) is 4.72. The molecular formula is C13H21ClN3+. The van der Waals surface area contributed by atoms with E-state index in [1.807, 2.05) is 6.07 Å². The van der Waals surface area contributed by atoms with E-state index in [9.17, 15) is 0 Å². The zero-order valence-electron chi connectivity index (χ0n) is 10.8. The summed E-state index contributed by atoms with van der Waals surface area (Å²) in [6.45, 7) is 7.03. The van der Waals surface area contributed by atoms with Gasteiger partial charge < -0.3 is 10.6 Å². The molecule has 2 unspecified atom stereocenters. The van der Waals surface area contributed by atoms with Gasteiger partial charge in [0, 0.05) is 17.6 Å². The van der Waals surface area contributed by atoms with Crippen LogP contribution in [-0.2, 0) is 0 Å². The van der Waals surface area contributed by atoms with Crippen LogP contribution in [0.2, 0.25) is 5.02 Å². The van der Waals surface area contributed by atoms with Crippen LogP contribution in [0.15, 0.2) is 18.2 Å². The van der Waals surface area contributed by atoms with Gasteiger partial charge in [0.05, 0.1) is 20.1 Å². The molecule has 0 saturated carbocycles. The summed E-state index contributed by atoms with van der Waals surface area (Å²) in [4.78, 5) is 2.37. The Hall–Kier alpha value is -0.770. The van der Waals surface area contributed by atoms with Gasteiger partial charge >= 0.3 is 0 Å². The van der Waals surface area contributed by atoms with Crippen LogP contribution in [0.1, 0.15) is 13.8 Å². The van der Waals surface area contributed by atoms with E-state index in [-0.39, 0.29) is 0 Å². The number of hydrogen-bond donors (Lipinski definition) is 1. The van der Waals surface area contributed by atoms with E-state index in [1.165, 1.54) is 11.4 Å². The van der Waals surface area contributed by atoms with Crippen molar-refractivity contribution in [2.75, 3.05) is 31.6 Å². The highest BCUT2D eigenvalue weighted by Crippen LogP contribution is 2.44. The molecule has 17 heavy (non-hydrogen) atoms. The van der Waals surface area contributed by atoms with E-state index in [4.69, 9.17) is 17.3 Å². The molecule has 3 nitrogen and oxygen atoms in total. The first-order valence-electron chi connectivity index (χ1n) is 6.20. The number of halogens is 1. The first-order valence-corrected chi connectivity index (χ1v) is 6.58. The third-order valence-electron chi connectivity index (χ3n) is 4.02. The number of benzene rings is 1. The fourth-order valence-corrected chi connectivity index (χ4v) is 3.08. The SMILES string of the molecule is CCN1c2cc(Cl)ccc2[N+](C)(CC)C1CN. The lowest BCUT2D eigenvalue weighted by Crippen LogP contribution is -2.59. The summed E-state index contributed by atoms with van der Waals surface area (Å²) in [6.07, 6.45) is 0.318. The molecule has 0 amide bonds. The molecule has 0 aliphatic carbocycles. The van der Waals surface area contributed by atoms with Gasteiger partial charge in [-0.3, -0.25) is 4.48 Å². The van der Waals surface area contributed by atoms with Gasteiger partial charge in [0.2, 0.25) is 0 Å². The number of quaternary nitrogens is 1. The van der Waals surface area contributed by atoms with E-state index in [2.05, 4.69) is 37.9 Å². The van der Waals surface area contributed by atoms with Gasteiger partial charge in [0.25, 0.3) is 0 Å². The molecule has 0 spiro atoms. The molecule has 0 fully saturated rings. The number of nitrogens with zero attached hydrogens (tertiary/aromatic N) is 2. The summed E-state index contributed by atoms with van der Waals surface area (Å²) in [6, 6.07) is 6.17. The monoisotopic (exact) mass is 254 g/mol. The molecule has 0 aromatic heterocycles. The Morgan fingerprint density at radius 2 is 2.12 bits per heavy atom. The fourth-order valence-electron chi connectivity index (χ4n) is 2.91. The molecule has 4 heteroatoms. The maximum atomic E-state index is 6.11. The lowest BCUT2D eigenvalue weighted by atomic mass is 10.2. The molecule has 1 aromatic rings. The third-order valence-corrected chi connectivity index (χ3v) is 4.26. The molecule has 2 N–H and O–H groups in total. The zero-order valence-corrected chi connectivity index (χ0v) is 11.5. The van der Waals surface area contributed by atoms with Gasteiger partial charge in [-0.05, 0) is 26.0 Å². The summed E-state index contributed by atoms with van der Waals surface area (Å²) in [7, 11) is 2.25. The van der Waals surface area contributed by atoms with Crippen molar-refractivity contribution in [1.29, 1.82) is 0 Å². The normalized spacial score (nSPS) is 27.4. The maximum absolute atomic E-state index is 6.11. The Kier molecular flexibility index (Phi) is 3.34. The number of anilines is 1. The molecule has 1 aliphatic heterocycles. The van der Waals surface area contributed by atoms with E-state index < -0.39 is 0 Å². The molecule has 2 rings (SSSR count). The van der Waals surface area contributed by atoms with Gasteiger partial charge in [0.15, 0.2) is 11.9 Å². The van der Waals surface area contributed by atoms with Crippen molar-refractivity contribution in [2.24, 2.45) is 5.73 Å². The molecule has 1 aliphatic rings. The quantitative estimate of drug-likeness (QED) is 0.840. The Balaban J connectivity index is 2.59. The molecule has 0 bridgehead atoms. The number of rotatable bonds is 3. The van der Waals surface area contributed by atoms with Crippen molar-refractivity contribution in [3.8, 4) is 0 Å². The summed E-state index contributed by atoms with van der Waals surface area (Å²) in [5.41, 5.74) is 8.54. The average Bonchev–Trinajstić information content (AvgIpc) is 2.57. The number of likely N-dealkylation sites (N-methyl/N-ethyl adjacent to an activating group) is 2. The highest BCUT2D eigenvalue weighted by Gasteiger charge is 2.46. The van der Waals surface area contributed by atoms with Crippen molar-refractivity contribution >= 4 is 23.0 Å². The molecular weight excluding hydrogens is 234 g/mol. The smallest absolute Gasteiger partial charge is 0.182 e. The highest BCUT2D eigenvalue weighted by molar-refractivity contribution is 6.31. The Morgan fingerprint density at radius 1 is 1.41 bits per heavy atom. The minimum absolute atomic E-state index is 0.318. The maximum Gasteiger partial charge on any atom is 0.182 e. The van der Waals surface area contributed by atoms with Crippen molar-refractivity contribution in [3.63, 3.8) is 0 Å². The van der Waals surface area contributed by atoms with E-state index in [0.29, 0.717) is 12.7 Å². The summed E-state index contributed by atoms with van der Waals surface area (Å²) >= 11 is 6.11. The van der Waals surface area contributed by atoms with Crippen molar-refractivity contribution < 1.29 is 0 Å². The summed E-state index contributed by atoms with van der Waals surface area (Å²) < 4.78 is 0.872. The van der Waals surface area contributed by atoms with Crippen molar-refractivity contribution in [3.05, 3.63) is 23.2 Å². The second kappa shape index (κ2) is 4.48. The van der Waals surface area contributed by atoms with E-state index in [0.717, 1.165) is 22.6 Å². The molecule has 1 heterocycles. The van der Waals surface area contributed by atoms with Gasteiger partial charge in [0.1, 0.15) is 5.69 Å². The van der Waals surface area contributed by atoms with Crippen LogP contribution >= 0.6 is 11.6 Å². The summed E-state index contributed by atoms with van der Waals surface area (Å²) in [5.74, 6) is 0. The van der Waals surface area contributed by atoms with Crippen LogP contribution in [0.5, 0.6) is 0 Å². The lowest BCUT2D eigenvalue weighted by Gasteiger charge is -2.36. The van der Waals surface area contributed by atoms with Gasteiger partial charge in [-0.1, -0.05) is 11.6 Å². The number of nitrogens with two attached hydrogens (primary N) is 1. The third kappa shape index (κ3) is 1.73. The van der Waals surface area contributed by atoms with E-state index in [1.54, 1.807) is 0 Å². The molecule has 1 aromatic carbocycles. The Bertz CT molecular complexity index is 421. The molecule has 2 atom stereocenters.